The predicted octanol–water partition coefficient (Wildman–Crippen LogP) is 3.33. The van der Waals surface area contributed by atoms with Gasteiger partial charge in [0.2, 0.25) is 5.91 Å². The molecule has 3 rings (SSSR count). The molecule has 2 aromatic carbocycles. The lowest BCUT2D eigenvalue weighted by molar-refractivity contribution is -0.132. The molecule has 0 radical (unpaired) electrons. The van der Waals surface area contributed by atoms with Gasteiger partial charge in [0.05, 0.1) is 17.3 Å². The number of hydrogen-bond donors (Lipinski definition) is 1. The van der Waals surface area contributed by atoms with Gasteiger partial charge in [0.1, 0.15) is 17.5 Å². The van der Waals surface area contributed by atoms with Crippen LogP contribution in [0.3, 0.4) is 0 Å². The van der Waals surface area contributed by atoms with Crippen molar-refractivity contribution in [3.05, 3.63) is 76.6 Å². The highest BCUT2D eigenvalue weighted by Crippen LogP contribution is 2.42. The first-order valence-corrected chi connectivity index (χ1v) is 8.73. The molecule has 1 aliphatic rings. The largest absolute Gasteiger partial charge is 0.384 e. The first kappa shape index (κ1) is 18.4. The highest BCUT2D eigenvalue weighted by atomic mass is 16.2. The molecule has 0 fully saturated rings. The summed E-state index contributed by atoms with van der Waals surface area (Å²) >= 11 is 0. The molecule has 0 aromatic heterocycles. The minimum Gasteiger partial charge on any atom is -0.384 e. The van der Waals surface area contributed by atoms with Crippen molar-refractivity contribution in [2.45, 2.75) is 26.7 Å². The average molecular weight is 359 g/mol. The fourth-order valence-corrected chi connectivity index (χ4v) is 3.74. The molecule has 1 heterocycles. The van der Waals surface area contributed by atoms with Crippen molar-refractivity contribution in [2.24, 2.45) is 11.7 Å². The minimum absolute atomic E-state index is 0.0798. The third-order valence-corrected chi connectivity index (χ3v) is 4.98. The molecule has 2 unspecified atom stereocenters. The van der Waals surface area contributed by atoms with E-state index >= 15 is 0 Å². The lowest BCUT2D eigenvalue weighted by atomic mass is 9.74. The van der Waals surface area contributed by atoms with Crippen molar-refractivity contribution in [2.75, 3.05) is 4.90 Å². The number of hydrogen-bond acceptors (Lipinski definition) is 4. The van der Waals surface area contributed by atoms with Crippen molar-refractivity contribution >= 4 is 17.4 Å². The van der Waals surface area contributed by atoms with Gasteiger partial charge in [-0.2, -0.15) is 5.26 Å². The van der Waals surface area contributed by atoms with E-state index in [-0.39, 0.29) is 17.2 Å². The number of carbonyl (C=O) groups is 2. The number of Topliss-reactive ketones (excluding diaryl/α,β-unsaturated/α-hetero) is 1. The molecule has 2 N–H and O–H groups in total. The maximum Gasteiger partial charge on any atom is 0.244 e. The topological polar surface area (TPSA) is 87.2 Å². The number of aryl methyl sites for hydroxylation is 2. The number of nitriles is 1. The highest BCUT2D eigenvalue weighted by Gasteiger charge is 2.45. The number of allylic oxidation sites excluding steroid dienone is 1. The van der Waals surface area contributed by atoms with Crippen LogP contribution >= 0.6 is 0 Å². The summed E-state index contributed by atoms with van der Waals surface area (Å²) in [7, 11) is 0. The molecular formula is C22H21N3O2. The van der Waals surface area contributed by atoms with Crippen LogP contribution in [0.4, 0.5) is 5.69 Å². The zero-order valence-corrected chi connectivity index (χ0v) is 15.6. The first-order valence-electron chi connectivity index (χ1n) is 8.73. The molecule has 1 amide bonds. The molecule has 0 saturated carbocycles. The fraction of sp³-hybridized carbons (Fsp3) is 0.227. The summed E-state index contributed by atoms with van der Waals surface area (Å²) in [5, 5.41) is 9.85. The summed E-state index contributed by atoms with van der Waals surface area (Å²) in [6.07, 6.45) is 0. The maximum atomic E-state index is 13.3. The van der Waals surface area contributed by atoms with Gasteiger partial charge < -0.3 is 5.73 Å². The number of nitrogens with zero attached hydrogens (tertiary/aromatic N) is 2. The summed E-state index contributed by atoms with van der Waals surface area (Å²) in [5.74, 6) is -2.29. The number of ketones is 1. The minimum atomic E-state index is -0.992. The summed E-state index contributed by atoms with van der Waals surface area (Å²) in [6, 6.07) is 16.8. The van der Waals surface area contributed by atoms with Gasteiger partial charge in [-0.1, -0.05) is 42.0 Å². The Morgan fingerprint density at radius 1 is 1.15 bits per heavy atom. The van der Waals surface area contributed by atoms with Crippen molar-refractivity contribution in [1.29, 1.82) is 5.26 Å². The van der Waals surface area contributed by atoms with Gasteiger partial charge in [0.25, 0.3) is 0 Å². The first-order chi connectivity index (χ1) is 12.9. The number of carbonyl (C=O) groups excluding carboxylic acids is 2. The van der Waals surface area contributed by atoms with Gasteiger partial charge in [-0.3, -0.25) is 14.5 Å². The highest BCUT2D eigenvalue weighted by molar-refractivity contribution is 6.12. The molecule has 1 aliphatic heterocycles. The van der Waals surface area contributed by atoms with E-state index in [9.17, 15) is 14.9 Å². The van der Waals surface area contributed by atoms with E-state index in [4.69, 9.17) is 5.73 Å². The Morgan fingerprint density at radius 3 is 2.37 bits per heavy atom. The molecule has 5 nitrogen and oxygen atoms in total. The van der Waals surface area contributed by atoms with E-state index in [1.807, 2.05) is 38.1 Å². The van der Waals surface area contributed by atoms with Crippen LogP contribution in [0.5, 0.6) is 0 Å². The Hall–Kier alpha value is -3.39. The molecular weight excluding hydrogens is 338 g/mol. The molecule has 0 spiro atoms. The van der Waals surface area contributed by atoms with Crippen molar-refractivity contribution in [3.8, 4) is 6.07 Å². The molecule has 27 heavy (non-hydrogen) atoms. The van der Waals surface area contributed by atoms with Gasteiger partial charge in [-0.15, -0.1) is 0 Å². The standard InChI is InChI=1S/C22H21N3O2/c1-13-9-10-17(14(2)11-13)20-18(12-23)21(24)25(16-7-5-4-6-8-16)22(27)19(20)15(3)26/h4-11,19-20H,24H2,1-3H3. The molecule has 136 valence electrons. The second-order valence-electron chi connectivity index (χ2n) is 6.85. The Balaban J connectivity index is 2.27. The van der Waals surface area contributed by atoms with Crippen LogP contribution in [0.1, 0.15) is 29.5 Å². The smallest absolute Gasteiger partial charge is 0.244 e. The van der Waals surface area contributed by atoms with Gasteiger partial charge in [-0.25, -0.2) is 0 Å². The van der Waals surface area contributed by atoms with Gasteiger partial charge in [0.15, 0.2) is 0 Å². The van der Waals surface area contributed by atoms with Crippen LogP contribution in [-0.2, 0) is 9.59 Å². The van der Waals surface area contributed by atoms with Crippen LogP contribution in [-0.4, -0.2) is 11.7 Å². The van der Waals surface area contributed by atoms with Gasteiger partial charge in [0, 0.05) is 5.92 Å². The Labute approximate surface area is 158 Å². The van der Waals surface area contributed by atoms with E-state index in [0.29, 0.717) is 5.69 Å². The van der Waals surface area contributed by atoms with E-state index in [1.54, 1.807) is 24.3 Å². The maximum absolute atomic E-state index is 13.3. The zero-order chi connectivity index (χ0) is 19.7. The third-order valence-electron chi connectivity index (χ3n) is 4.98. The lowest BCUT2D eigenvalue weighted by Gasteiger charge is -2.37. The summed E-state index contributed by atoms with van der Waals surface area (Å²) in [5.41, 5.74) is 9.83. The van der Waals surface area contributed by atoms with Crippen LogP contribution < -0.4 is 10.6 Å². The molecule has 0 bridgehead atoms. The van der Waals surface area contributed by atoms with E-state index in [1.165, 1.54) is 11.8 Å². The van der Waals surface area contributed by atoms with E-state index in [2.05, 4.69) is 6.07 Å². The van der Waals surface area contributed by atoms with E-state index in [0.717, 1.165) is 16.7 Å². The Morgan fingerprint density at radius 2 is 1.81 bits per heavy atom. The average Bonchev–Trinajstić information content (AvgIpc) is 2.62. The second kappa shape index (κ2) is 7.08. The van der Waals surface area contributed by atoms with Crippen molar-refractivity contribution < 1.29 is 9.59 Å². The second-order valence-corrected chi connectivity index (χ2v) is 6.85. The van der Waals surface area contributed by atoms with Crippen LogP contribution in [0.2, 0.25) is 0 Å². The van der Waals surface area contributed by atoms with Gasteiger partial charge in [-0.05, 0) is 44.0 Å². The molecule has 0 aliphatic carbocycles. The molecule has 2 atom stereocenters. The Kier molecular flexibility index (Phi) is 4.83. The van der Waals surface area contributed by atoms with Crippen LogP contribution in [0.25, 0.3) is 0 Å². The fourth-order valence-electron chi connectivity index (χ4n) is 3.74. The summed E-state index contributed by atoms with van der Waals surface area (Å²) in [4.78, 5) is 27.1. The summed E-state index contributed by atoms with van der Waals surface area (Å²) < 4.78 is 0. The normalized spacial score (nSPS) is 19.8. The van der Waals surface area contributed by atoms with Crippen molar-refractivity contribution in [1.82, 2.24) is 0 Å². The van der Waals surface area contributed by atoms with Crippen LogP contribution in [0, 0.1) is 31.1 Å². The summed E-state index contributed by atoms with van der Waals surface area (Å²) in [6.45, 7) is 5.27. The van der Waals surface area contributed by atoms with Crippen LogP contribution in [0.15, 0.2) is 59.9 Å². The lowest BCUT2D eigenvalue weighted by Crippen LogP contribution is -2.48. The molecule has 2 aromatic rings. The number of anilines is 1. The number of benzene rings is 2. The van der Waals surface area contributed by atoms with Gasteiger partial charge >= 0.3 is 0 Å². The molecule has 5 heteroatoms. The third kappa shape index (κ3) is 3.11. The zero-order valence-electron chi connectivity index (χ0n) is 15.6. The number of para-hydroxylation sites is 1. The van der Waals surface area contributed by atoms with Crippen molar-refractivity contribution in [3.63, 3.8) is 0 Å². The monoisotopic (exact) mass is 359 g/mol. The Bertz CT molecular complexity index is 986. The quantitative estimate of drug-likeness (QED) is 0.852. The number of rotatable bonds is 3. The number of nitrogens with two attached hydrogens (primary N) is 1. The SMILES string of the molecule is CC(=O)C1C(=O)N(c2ccccc2)C(N)=C(C#N)C1c1ccc(C)cc1C. The van der Waals surface area contributed by atoms with E-state index < -0.39 is 17.7 Å². The number of amides is 1. The molecule has 0 saturated heterocycles. The predicted molar refractivity (Wildman–Crippen MR) is 104 cm³/mol.